The van der Waals surface area contributed by atoms with Crippen LogP contribution >= 0.6 is 17.3 Å². The van der Waals surface area contributed by atoms with Crippen molar-refractivity contribution in [2.75, 3.05) is 0 Å². The molecular weight excluding hydrogens is 248 g/mol. The van der Waals surface area contributed by atoms with Crippen molar-refractivity contribution in [3.05, 3.63) is 0 Å². The Morgan fingerprint density at radius 2 is 1.12 bits per heavy atom. The number of hydrogen-bond acceptors (Lipinski definition) is 2. The van der Waals surface area contributed by atoms with Crippen LogP contribution in [0.15, 0.2) is 0 Å². The molecule has 1 fully saturated rings. The molecule has 0 bridgehead atoms. The largest absolute Gasteiger partial charge is 0.209 e. The van der Waals surface area contributed by atoms with E-state index < -0.39 is 8.37 Å². The molecular formula is C12H27N3P2. The summed E-state index contributed by atoms with van der Waals surface area (Å²) in [4.78, 5) is 0. The smallest absolute Gasteiger partial charge is 0.146 e. The molecule has 0 atom stereocenters. The lowest BCUT2D eigenvalue weighted by molar-refractivity contribution is 0.279. The monoisotopic (exact) mass is 275 g/mol. The average molecular weight is 275 g/mol. The van der Waals surface area contributed by atoms with Crippen molar-refractivity contribution in [3.8, 4) is 0 Å². The minimum absolute atomic E-state index is 0.0364. The van der Waals surface area contributed by atoms with E-state index in [0.29, 0.717) is 0 Å². The van der Waals surface area contributed by atoms with E-state index in [-0.39, 0.29) is 16.6 Å². The summed E-state index contributed by atoms with van der Waals surface area (Å²) in [7, 11) is 0.796. The lowest BCUT2D eigenvalue weighted by Gasteiger charge is -2.58. The van der Waals surface area contributed by atoms with E-state index in [9.17, 15) is 0 Å². The van der Waals surface area contributed by atoms with Gasteiger partial charge in [0.05, 0.1) is 0 Å². The van der Waals surface area contributed by atoms with E-state index in [0.717, 1.165) is 0 Å². The van der Waals surface area contributed by atoms with Crippen LogP contribution in [0.2, 0.25) is 0 Å². The molecule has 1 aliphatic rings. The van der Waals surface area contributed by atoms with Crippen LogP contribution in [0.4, 0.5) is 0 Å². The third-order valence-electron chi connectivity index (χ3n) is 2.10. The Kier molecular flexibility index (Phi) is 4.36. The quantitative estimate of drug-likeness (QED) is 0.651. The van der Waals surface area contributed by atoms with Gasteiger partial charge in [0, 0.05) is 16.6 Å². The Balaban J connectivity index is 2.81. The molecule has 0 spiro atoms. The molecule has 0 amide bonds. The van der Waals surface area contributed by atoms with E-state index in [1.54, 1.807) is 0 Å². The molecule has 3 nitrogen and oxygen atoms in total. The van der Waals surface area contributed by atoms with E-state index in [4.69, 9.17) is 5.09 Å². The summed E-state index contributed by atoms with van der Waals surface area (Å²) in [5, 5.41) is 5.02. The zero-order valence-electron chi connectivity index (χ0n) is 12.7. The number of nitrogens with zero attached hydrogens (tertiary/aromatic N) is 3. The molecule has 0 aromatic rings. The standard InChI is InChI=1S/C12H27N3P2/c1-10(2,3)13-17-14(11(4,5)6)16-15(17)12(7,8)9/h1-9H3. The predicted octanol–water partition coefficient (Wildman–Crippen LogP) is 4.61. The summed E-state index contributed by atoms with van der Waals surface area (Å²) >= 11 is 0. The van der Waals surface area contributed by atoms with Crippen LogP contribution in [0.25, 0.3) is 0 Å². The molecule has 5 heteroatoms. The van der Waals surface area contributed by atoms with Crippen molar-refractivity contribution in [2.45, 2.75) is 78.9 Å². The van der Waals surface area contributed by atoms with Gasteiger partial charge in [-0.25, -0.2) is 8.88 Å². The first-order valence-electron chi connectivity index (χ1n) is 6.17. The summed E-state index contributed by atoms with van der Waals surface area (Å²) in [6.07, 6.45) is 0. The molecule has 2 radical (unpaired) electrons. The van der Waals surface area contributed by atoms with Crippen molar-refractivity contribution >= 4 is 17.3 Å². The maximum atomic E-state index is 5.02. The van der Waals surface area contributed by atoms with Gasteiger partial charge in [0.1, 0.15) is 17.3 Å². The summed E-state index contributed by atoms with van der Waals surface area (Å²) in [6, 6.07) is 0. The molecule has 1 aliphatic heterocycles. The highest BCUT2D eigenvalue weighted by molar-refractivity contribution is 7.73. The molecule has 0 saturated carbocycles. The van der Waals surface area contributed by atoms with Gasteiger partial charge in [-0.15, -0.1) is 0 Å². The fraction of sp³-hybridized carbons (Fsp3) is 1.00. The molecule has 0 aromatic carbocycles. The van der Waals surface area contributed by atoms with Crippen molar-refractivity contribution < 1.29 is 0 Å². The van der Waals surface area contributed by atoms with Crippen LogP contribution in [-0.2, 0) is 0 Å². The number of rotatable bonds is 1. The van der Waals surface area contributed by atoms with Crippen molar-refractivity contribution in [1.29, 1.82) is 0 Å². The molecule has 100 valence electrons. The highest BCUT2D eigenvalue weighted by Crippen LogP contribution is 2.71. The molecule has 17 heavy (non-hydrogen) atoms. The van der Waals surface area contributed by atoms with E-state index >= 15 is 0 Å². The highest BCUT2D eigenvalue weighted by Gasteiger charge is 2.51. The first-order valence-corrected chi connectivity index (χ1v) is 8.17. The molecule has 1 heterocycles. The van der Waals surface area contributed by atoms with Crippen LogP contribution in [0, 0.1) is 0 Å². The van der Waals surface area contributed by atoms with Gasteiger partial charge in [0.2, 0.25) is 0 Å². The fourth-order valence-electron chi connectivity index (χ4n) is 1.36. The molecule has 1 saturated heterocycles. The second-order valence-corrected chi connectivity index (χ2v) is 10.7. The topological polar surface area (TPSA) is 20.6 Å². The van der Waals surface area contributed by atoms with Gasteiger partial charge in [-0.1, -0.05) is 0 Å². The van der Waals surface area contributed by atoms with Crippen LogP contribution in [0.1, 0.15) is 62.3 Å². The summed E-state index contributed by atoms with van der Waals surface area (Å²) in [5.41, 5.74) is 0.433. The first kappa shape index (κ1) is 15.8. The van der Waals surface area contributed by atoms with Crippen LogP contribution in [-0.4, -0.2) is 25.5 Å². The van der Waals surface area contributed by atoms with Crippen LogP contribution < -0.4 is 5.09 Å². The Labute approximate surface area is 111 Å². The van der Waals surface area contributed by atoms with Gasteiger partial charge in [-0.3, -0.25) is 0 Å². The van der Waals surface area contributed by atoms with Gasteiger partial charge in [-0.05, 0) is 62.3 Å². The van der Waals surface area contributed by atoms with Crippen molar-refractivity contribution in [1.82, 2.24) is 14.0 Å². The lowest BCUT2D eigenvalue weighted by atomic mass is 10.1. The third kappa shape index (κ3) is 4.11. The molecule has 0 aliphatic carbocycles. The predicted molar refractivity (Wildman–Crippen MR) is 78.9 cm³/mol. The Hall–Kier alpha value is 0.740. The molecule has 0 N–H and O–H groups in total. The highest BCUT2D eigenvalue weighted by atomic mass is 31.2. The van der Waals surface area contributed by atoms with E-state index in [1.165, 1.54) is 8.88 Å². The summed E-state index contributed by atoms with van der Waals surface area (Å²) in [5.74, 6) is 0. The second kappa shape index (κ2) is 4.69. The first-order chi connectivity index (χ1) is 7.32. The second-order valence-electron chi connectivity index (χ2n) is 7.55. The Morgan fingerprint density at radius 1 is 0.765 bits per heavy atom. The van der Waals surface area contributed by atoms with Gasteiger partial charge in [0.15, 0.2) is 0 Å². The number of hydrogen-bond donors (Lipinski definition) is 0. The summed E-state index contributed by atoms with van der Waals surface area (Å²) in [6.45, 7) is 20.2. The van der Waals surface area contributed by atoms with Gasteiger partial charge < -0.3 is 0 Å². The van der Waals surface area contributed by atoms with Crippen LogP contribution in [0.5, 0.6) is 0 Å². The minimum atomic E-state index is -0.510. The maximum Gasteiger partial charge on any atom is 0.146 e. The fourth-order valence-corrected chi connectivity index (χ4v) is 5.25. The third-order valence-corrected chi connectivity index (χ3v) is 7.73. The van der Waals surface area contributed by atoms with Gasteiger partial charge >= 0.3 is 0 Å². The normalized spacial score (nSPS) is 26.3. The lowest BCUT2D eigenvalue weighted by Crippen LogP contribution is -2.52. The zero-order valence-corrected chi connectivity index (χ0v) is 14.5. The van der Waals surface area contributed by atoms with Gasteiger partial charge in [-0.2, -0.15) is 5.09 Å². The minimum Gasteiger partial charge on any atom is -0.209 e. The molecule has 1 rings (SSSR count). The Bertz CT molecular complexity index is 253. The SMILES string of the molecule is CC(C)(C)[N]P1N(C(C)(C)C)[P]N1C(C)(C)C. The average Bonchev–Trinajstić information content (AvgIpc) is 1.90. The van der Waals surface area contributed by atoms with Crippen molar-refractivity contribution in [2.24, 2.45) is 0 Å². The zero-order chi connectivity index (χ0) is 13.6. The molecule has 0 unspecified atom stereocenters. The van der Waals surface area contributed by atoms with E-state index in [1.807, 2.05) is 0 Å². The molecule has 0 aromatic heterocycles. The van der Waals surface area contributed by atoms with E-state index in [2.05, 4.69) is 71.2 Å². The Morgan fingerprint density at radius 3 is 1.35 bits per heavy atom. The summed E-state index contributed by atoms with van der Waals surface area (Å²) < 4.78 is 5.00. The van der Waals surface area contributed by atoms with Crippen LogP contribution in [0.3, 0.4) is 0 Å². The van der Waals surface area contributed by atoms with Crippen molar-refractivity contribution in [3.63, 3.8) is 0 Å². The van der Waals surface area contributed by atoms with Gasteiger partial charge in [0.25, 0.3) is 0 Å². The maximum absolute atomic E-state index is 5.02.